The molecule has 1 heteroatoms. The van der Waals surface area contributed by atoms with Crippen LogP contribution in [0.4, 0.5) is 0 Å². The molecule has 0 fully saturated rings. The maximum atomic E-state index is 4.64. The number of hydrogen-bond acceptors (Lipinski definition) is 1. The third-order valence-corrected chi connectivity index (χ3v) is 2.97. The summed E-state index contributed by atoms with van der Waals surface area (Å²) in [5.74, 6) is 0. The predicted molar refractivity (Wildman–Crippen MR) is 76.0 cm³/mol. The van der Waals surface area contributed by atoms with Gasteiger partial charge in [-0.05, 0) is 43.9 Å². The second kappa shape index (κ2) is 8.05. The van der Waals surface area contributed by atoms with Gasteiger partial charge in [-0.25, -0.2) is 0 Å². The normalized spacial score (nSPS) is 11.8. The average Bonchev–Trinajstić information content (AvgIpc) is 2.33. The molecular formula is C16H25N. The number of rotatable bonds is 7. The second-order valence-electron chi connectivity index (χ2n) is 4.64. The van der Waals surface area contributed by atoms with Crippen LogP contribution in [0.1, 0.15) is 63.8 Å². The van der Waals surface area contributed by atoms with Crippen molar-refractivity contribution >= 4 is 5.57 Å². The van der Waals surface area contributed by atoms with Crippen LogP contribution < -0.4 is 0 Å². The van der Waals surface area contributed by atoms with E-state index in [0.717, 1.165) is 12.1 Å². The van der Waals surface area contributed by atoms with Crippen LogP contribution in [0, 0.1) is 6.92 Å². The molecule has 0 aromatic carbocycles. The van der Waals surface area contributed by atoms with Crippen LogP contribution in [-0.2, 0) is 0 Å². The van der Waals surface area contributed by atoms with Crippen molar-refractivity contribution in [2.45, 2.75) is 59.3 Å². The molecule has 0 aliphatic carbocycles. The predicted octanol–water partition coefficient (Wildman–Crippen LogP) is 5.15. The molecule has 1 rings (SSSR count). The van der Waals surface area contributed by atoms with Crippen molar-refractivity contribution < 1.29 is 0 Å². The zero-order valence-electron chi connectivity index (χ0n) is 11.5. The van der Waals surface area contributed by atoms with E-state index in [1.165, 1.54) is 43.4 Å². The lowest BCUT2D eigenvalue weighted by molar-refractivity contribution is 0.798. The van der Waals surface area contributed by atoms with E-state index >= 15 is 0 Å². The van der Waals surface area contributed by atoms with E-state index in [2.05, 4.69) is 50.0 Å². The van der Waals surface area contributed by atoms with Gasteiger partial charge in [0, 0.05) is 5.69 Å². The first-order chi connectivity index (χ1) is 8.27. The van der Waals surface area contributed by atoms with Crippen LogP contribution in [0.25, 0.3) is 5.57 Å². The van der Waals surface area contributed by atoms with Crippen LogP contribution in [0.3, 0.4) is 0 Å². The van der Waals surface area contributed by atoms with Gasteiger partial charge in [0.2, 0.25) is 0 Å². The largest absolute Gasteiger partial charge is 0.253 e. The minimum atomic E-state index is 1.11. The molecule has 0 aliphatic heterocycles. The monoisotopic (exact) mass is 231 g/mol. The summed E-state index contributed by atoms with van der Waals surface area (Å²) in [7, 11) is 0. The number of hydrogen-bond donors (Lipinski definition) is 0. The molecule has 0 unspecified atom stereocenters. The van der Waals surface area contributed by atoms with E-state index < -0.39 is 0 Å². The average molecular weight is 231 g/mol. The topological polar surface area (TPSA) is 12.9 Å². The summed E-state index contributed by atoms with van der Waals surface area (Å²) in [6.07, 6.45) is 9.79. The van der Waals surface area contributed by atoms with E-state index in [4.69, 9.17) is 0 Å². The highest BCUT2D eigenvalue weighted by Crippen LogP contribution is 2.20. The first kappa shape index (κ1) is 14.0. The Kier molecular flexibility index (Phi) is 6.61. The van der Waals surface area contributed by atoms with Crippen molar-refractivity contribution in [3.8, 4) is 0 Å². The third-order valence-electron chi connectivity index (χ3n) is 2.97. The van der Waals surface area contributed by atoms with Gasteiger partial charge in [-0.15, -0.1) is 0 Å². The van der Waals surface area contributed by atoms with Crippen LogP contribution in [0.2, 0.25) is 0 Å². The molecule has 0 saturated carbocycles. The van der Waals surface area contributed by atoms with E-state index in [1.807, 2.05) is 0 Å². The van der Waals surface area contributed by atoms with Gasteiger partial charge in [-0.1, -0.05) is 45.3 Å². The van der Waals surface area contributed by atoms with Crippen molar-refractivity contribution in [3.05, 3.63) is 35.7 Å². The van der Waals surface area contributed by atoms with Crippen molar-refractivity contribution in [1.82, 2.24) is 4.98 Å². The van der Waals surface area contributed by atoms with E-state index in [9.17, 15) is 0 Å². The van der Waals surface area contributed by atoms with Gasteiger partial charge < -0.3 is 0 Å². The molecule has 1 heterocycles. The maximum absolute atomic E-state index is 4.64. The summed E-state index contributed by atoms with van der Waals surface area (Å²) in [4.78, 5) is 4.64. The molecule has 0 aliphatic rings. The van der Waals surface area contributed by atoms with Gasteiger partial charge in [0.15, 0.2) is 0 Å². The zero-order valence-corrected chi connectivity index (χ0v) is 11.5. The fourth-order valence-corrected chi connectivity index (χ4v) is 1.90. The minimum absolute atomic E-state index is 1.11. The fourth-order valence-electron chi connectivity index (χ4n) is 1.90. The number of aromatic nitrogens is 1. The number of allylic oxidation sites excluding steroid dienone is 2. The Balaban J connectivity index is 2.77. The number of unbranched alkanes of at least 4 members (excludes halogenated alkanes) is 3. The first-order valence-electron chi connectivity index (χ1n) is 6.91. The Morgan fingerprint density at radius 1 is 1.18 bits per heavy atom. The second-order valence-corrected chi connectivity index (χ2v) is 4.64. The standard InChI is InChI=1S/C16H25N/c1-4-6-8-12-15(11-7-5-2)16-13-9-10-14(3)17-16/h9-10,12-13H,4-8,11H2,1-3H3. The van der Waals surface area contributed by atoms with Crippen molar-refractivity contribution in [1.29, 1.82) is 0 Å². The van der Waals surface area contributed by atoms with Crippen molar-refractivity contribution in [2.75, 3.05) is 0 Å². The molecule has 0 spiro atoms. The van der Waals surface area contributed by atoms with Gasteiger partial charge >= 0.3 is 0 Å². The maximum Gasteiger partial charge on any atom is 0.0661 e. The van der Waals surface area contributed by atoms with Crippen LogP contribution in [0.5, 0.6) is 0 Å². The van der Waals surface area contributed by atoms with Gasteiger partial charge in [-0.2, -0.15) is 0 Å². The Hall–Kier alpha value is -1.11. The molecule has 94 valence electrons. The summed E-state index contributed by atoms with van der Waals surface area (Å²) < 4.78 is 0. The molecular weight excluding hydrogens is 206 g/mol. The van der Waals surface area contributed by atoms with Crippen molar-refractivity contribution in [2.24, 2.45) is 0 Å². The van der Waals surface area contributed by atoms with Gasteiger partial charge in [0.05, 0.1) is 5.69 Å². The smallest absolute Gasteiger partial charge is 0.0661 e. The molecule has 1 aromatic heterocycles. The van der Waals surface area contributed by atoms with E-state index in [1.54, 1.807) is 0 Å². The molecule has 0 amide bonds. The number of nitrogens with zero attached hydrogens (tertiary/aromatic N) is 1. The third kappa shape index (κ3) is 5.16. The zero-order chi connectivity index (χ0) is 12.5. The summed E-state index contributed by atoms with van der Waals surface area (Å²) in [5, 5.41) is 0. The molecule has 0 radical (unpaired) electrons. The summed E-state index contributed by atoms with van der Waals surface area (Å²) >= 11 is 0. The first-order valence-corrected chi connectivity index (χ1v) is 6.91. The van der Waals surface area contributed by atoms with Crippen LogP contribution in [-0.4, -0.2) is 4.98 Å². The Morgan fingerprint density at radius 3 is 2.59 bits per heavy atom. The highest BCUT2D eigenvalue weighted by molar-refractivity contribution is 5.62. The molecule has 1 aromatic rings. The lowest BCUT2D eigenvalue weighted by Gasteiger charge is -2.07. The van der Waals surface area contributed by atoms with Crippen molar-refractivity contribution in [3.63, 3.8) is 0 Å². The SMILES string of the molecule is CCCCC=C(CCCC)c1cccc(C)n1. The van der Waals surface area contributed by atoms with E-state index in [-0.39, 0.29) is 0 Å². The van der Waals surface area contributed by atoms with Crippen LogP contribution in [0.15, 0.2) is 24.3 Å². The highest BCUT2D eigenvalue weighted by Gasteiger charge is 2.02. The number of pyridine rings is 1. The molecule has 0 atom stereocenters. The Morgan fingerprint density at radius 2 is 1.94 bits per heavy atom. The molecule has 1 nitrogen and oxygen atoms in total. The quantitative estimate of drug-likeness (QED) is 0.591. The van der Waals surface area contributed by atoms with Gasteiger partial charge in [-0.3, -0.25) is 4.98 Å². The van der Waals surface area contributed by atoms with Gasteiger partial charge in [0.25, 0.3) is 0 Å². The number of aryl methyl sites for hydroxylation is 1. The minimum Gasteiger partial charge on any atom is -0.253 e. The van der Waals surface area contributed by atoms with Crippen LogP contribution >= 0.6 is 0 Å². The molecule has 17 heavy (non-hydrogen) atoms. The summed E-state index contributed by atoms with van der Waals surface area (Å²) in [6, 6.07) is 6.31. The molecule has 0 saturated heterocycles. The van der Waals surface area contributed by atoms with E-state index in [0.29, 0.717) is 0 Å². The fraction of sp³-hybridized carbons (Fsp3) is 0.562. The summed E-state index contributed by atoms with van der Waals surface area (Å²) in [5.41, 5.74) is 3.72. The summed E-state index contributed by atoms with van der Waals surface area (Å²) in [6.45, 7) is 6.55. The lowest BCUT2D eigenvalue weighted by Crippen LogP contribution is -1.92. The molecule has 0 bridgehead atoms. The van der Waals surface area contributed by atoms with Gasteiger partial charge in [0.1, 0.15) is 0 Å². The Labute approximate surface area is 106 Å². The molecule has 0 N–H and O–H groups in total. The lowest BCUT2D eigenvalue weighted by atomic mass is 10.0. The Bertz CT molecular complexity index is 352. The highest BCUT2D eigenvalue weighted by atomic mass is 14.7.